The third-order valence-electron chi connectivity index (χ3n) is 5.19. The number of amides is 1. The van der Waals surface area contributed by atoms with Crippen LogP contribution in [0.5, 0.6) is 0 Å². The maximum Gasteiger partial charge on any atom is 0.338 e. The summed E-state index contributed by atoms with van der Waals surface area (Å²) in [4.78, 5) is 42.5. The van der Waals surface area contributed by atoms with E-state index in [1.807, 2.05) is 6.92 Å². The number of nitrogens with zero attached hydrogens (tertiary/aromatic N) is 4. The zero-order valence-corrected chi connectivity index (χ0v) is 20.4. The van der Waals surface area contributed by atoms with Gasteiger partial charge in [-0.2, -0.15) is 5.10 Å². The maximum absolute atomic E-state index is 13.4. The molecule has 0 fully saturated rings. The van der Waals surface area contributed by atoms with Crippen molar-refractivity contribution < 1.29 is 18.7 Å². The Labute approximate surface area is 205 Å². The highest BCUT2D eigenvalue weighted by atomic mass is 32.2. The molecular weight excluding hydrogens is 470 g/mol. The lowest BCUT2D eigenvalue weighted by molar-refractivity contribution is -0.113. The van der Waals surface area contributed by atoms with Crippen molar-refractivity contribution in [2.45, 2.75) is 39.0 Å². The van der Waals surface area contributed by atoms with Gasteiger partial charge in [-0.1, -0.05) is 11.8 Å². The number of aryl methyl sites for hydroxylation is 2. The second-order valence-electron chi connectivity index (χ2n) is 7.60. The van der Waals surface area contributed by atoms with Gasteiger partial charge in [0.2, 0.25) is 5.91 Å². The molecule has 182 valence electrons. The van der Waals surface area contributed by atoms with Crippen LogP contribution in [-0.4, -0.2) is 43.6 Å². The van der Waals surface area contributed by atoms with Gasteiger partial charge in [-0.25, -0.2) is 9.78 Å². The molecule has 0 unspecified atom stereocenters. The molecule has 35 heavy (non-hydrogen) atoms. The van der Waals surface area contributed by atoms with Gasteiger partial charge in [-0.3, -0.25) is 18.8 Å². The summed E-state index contributed by atoms with van der Waals surface area (Å²) in [6, 6.07) is 9.97. The van der Waals surface area contributed by atoms with Gasteiger partial charge >= 0.3 is 5.97 Å². The minimum absolute atomic E-state index is 0.0245. The van der Waals surface area contributed by atoms with E-state index in [4.69, 9.17) is 9.15 Å². The molecule has 0 atom stereocenters. The van der Waals surface area contributed by atoms with Gasteiger partial charge in [-0.15, -0.1) is 0 Å². The molecule has 0 aliphatic rings. The lowest BCUT2D eigenvalue weighted by Crippen LogP contribution is -2.26. The number of hydrogen-bond donors (Lipinski definition) is 1. The predicted molar refractivity (Wildman–Crippen MR) is 132 cm³/mol. The van der Waals surface area contributed by atoms with Crippen LogP contribution in [0.15, 0.2) is 57.0 Å². The lowest BCUT2D eigenvalue weighted by Gasteiger charge is -2.12. The molecule has 1 amide bonds. The first-order valence-electron chi connectivity index (χ1n) is 11.1. The van der Waals surface area contributed by atoms with Gasteiger partial charge < -0.3 is 14.5 Å². The van der Waals surface area contributed by atoms with Crippen LogP contribution in [0.1, 0.15) is 35.7 Å². The zero-order chi connectivity index (χ0) is 24.9. The first-order valence-corrected chi connectivity index (χ1v) is 12.1. The van der Waals surface area contributed by atoms with Crippen LogP contribution in [0.25, 0.3) is 11.0 Å². The molecule has 0 saturated carbocycles. The summed E-state index contributed by atoms with van der Waals surface area (Å²) in [6.07, 6.45) is 1.54. The Morgan fingerprint density at radius 3 is 2.60 bits per heavy atom. The van der Waals surface area contributed by atoms with Crippen LogP contribution >= 0.6 is 11.8 Å². The molecule has 1 N–H and O–H groups in total. The van der Waals surface area contributed by atoms with E-state index in [-0.39, 0.29) is 30.4 Å². The van der Waals surface area contributed by atoms with Gasteiger partial charge in [0.1, 0.15) is 11.3 Å². The Bertz CT molecular complexity index is 1410. The van der Waals surface area contributed by atoms with Gasteiger partial charge in [0.25, 0.3) is 5.56 Å². The summed E-state index contributed by atoms with van der Waals surface area (Å²) in [6.45, 7) is 6.46. The van der Waals surface area contributed by atoms with Gasteiger partial charge in [0.15, 0.2) is 10.7 Å². The Hall–Kier alpha value is -3.86. The molecule has 3 heterocycles. The van der Waals surface area contributed by atoms with E-state index in [0.717, 1.165) is 11.8 Å². The maximum atomic E-state index is 13.4. The Morgan fingerprint density at radius 2 is 1.94 bits per heavy atom. The van der Waals surface area contributed by atoms with Crippen LogP contribution in [0, 0.1) is 6.92 Å². The van der Waals surface area contributed by atoms with Crippen molar-refractivity contribution in [1.29, 1.82) is 0 Å². The fourth-order valence-corrected chi connectivity index (χ4v) is 4.35. The number of carbonyl (C=O) groups excluding carboxylic acids is 2. The van der Waals surface area contributed by atoms with Crippen molar-refractivity contribution >= 4 is 40.4 Å². The van der Waals surface area contributed by atoms with Crippen LogP contribution in [0.3, 0.4) is 0 Å². The van der Waals surface area contributed by atoms with Gasteiger partial charge in [0.05, 0.1) is 36.4 Å². The van der Waals surface area contributed by atoms with Crippen LogP contribution in [-0.2, 0) is 22.6 Å². The van der Waals surface area contributed by atoms with Crippen molar-refractivity contribution in [1.82, 2.24) is 19.3 Å². The fourth-order valence-electron chi connectivity index (χ4n) is 3.56. The second kappa shape index (κ2) is 10.6. The predicted octanol–water partition coefficient (Wildman–Crippen LogP) is 3.47. The number of furan rings is 1. The number of ether oxygens (including phenoxy) is 1. The highest BCUT2D eigenvalue weighted by Gasteiger charge is 2.20. The minimum Gasteiger partial charge on any atom is -0.467 e. The molecule has 1 aromatic carbocycles. The molecule has 4 aromatic rings. The lowest BCUT2D eigenvalue weighted by atomic mass is 10.2. The van der Waals surface area contributed by atoms with Crippen molar-refractivity contribution in [3.63, 3.8) is 0 Å². The number of rotatable bonds is 9. The SMILES string of the molecule is CCOC(=O)c1ccc(NC(=O)CSc2nc3c(C)nn(CC)c3c(=O)n2Cc2ccco2)cc1. The van der Waals surface area contributed by atoms with Crippen molar-refractivity contribution in [2.24, 2.45) is 0 Å². The number of aromatic nitrogens is 4. The molecule has 3 aromatic heterocycles. The third-order valence-corrected chi connectivity index (χ3v) is 6.16. The van der Waals surface area contributed by atoms with E-state index in [0.29, 0.717) is 45.4 Å². The highest BCUT2D eigenvalue weighted by Crippen LogP contribution is 2.21. The molecule has 0 saturated heterocycles. The van der Waals surface area contributed by atoms with Crippen molar-refractivity contribution in [3.05, 3.63) is 70.0 Å². The number of anilines is 1. The van der Waals surface area contributed by atoms with E-state index < -0.39 is 5.97 Å². The Morgan fingerprint density at radius 1 is 1.17 bits per heavy atom. The second-order valence-corrected chi connectivity index (χ2v) is 8.54. The zero-order valence-electron chi connectivity index (χ0n) is 19.6. The third kappa shape index (κ3) is 5.29. The van der Waals surface area contributed by atoms with Gasteiger partial charge in [0, 0.05) is 12.2 Å². The average Bonchev–Trinajstić information content (AvgIpc) is 3.48. The highest BCUT2D eigenvalue weighted by molar-refractivity contribution is 7.99. The fraction of sp³-hybridized carbons (Fsp3) is 0.292. The van der Waals surface area contributed by atoms with E-state index in [1.54, 1.807) is 61.2 Å². The summed E-state index contributed by atoms with van der Waals surface area (Å²) in [5.41, 5.74) is 2.29. The molecule has 0 aliphatic heterocycles. The molecule has 10 nitrogen and oxygen atoms in total. The number of hydrogen-bond acceptors (Lipinski definition) is 8. The van der Waals surface area contributed by atoms with E-state index in [2.05, 4.69) is 15.4 Å². The molecule has 0 bridgehead atoms. The summed E-state index contributed by atoms with van der Waals surface area (Å²) in [5, 5.41) is 7.61. The van der Waals surface area contributed by atoms with Crippen LogP contribution in [0.2, 0.25) is 0 Å². The summed E-state index contributed by atoms with van der Waals surface area (Å²) < 4.78 is 13.5. The number of carbonyl (C=O) groups is 2. The quantitative estimate of drug-likeness (QED) is 0.213. The monoisotopic (exact) mass is 495 g/mol. The van der Waals surface area contributed by atoms with Gasteiger partial charge in [-0.05, 0) is 57.2 Å². The van der Waals surface area contributed by atoms with Crippen LogP contribution < -0.4 is 10.9 Å². The summed E-state index contributed by atoms with van der Waals surface area (Å²) in [5.74, 6) is -0.0747. The van der Waals surface area contributed by atoms with E-state index in [9.17, 15) is 14.4 Å². The molecule has 0 spiro atoms. The minimum atomic E-state index is -0.418. The Kier molecular flexibility index (Phi) is 7.35. The standard InChI is InChI=1S/C24H25N5O5S/c1-4-29-21-20(15(3)27-29)26-24(28(22(21)31)13-18-7-6-12-34-18)35-14-19(30)25-17-10-8-16(9-11-17)23(32)33-5-2/h6-12H,4-5,13-14H2,1-3H3,(H,25,30). The molecular formula is C24H25N5O5S. The molecule has 11 heteroatoms. The smallest absolute Gasteiger partial charge is 0.338 e. The normalized spacial score (nSPS) is 11.1. The van der Waals surface area contributed by atoms with E-state index >= 15 is 0 Å². The summed E-state index contributed by atoms with van der Waals surface area (Å²) >= 11 is 1.15. The van der Waals surface area contributed by atoms with E-state index in [1.165, 1.54) is 4.57 Å². The summed E-state index contributed by atoms with van der Waals surface area (Å²) in [7, 11) is 0. The topological polar surface area (TPSA) is 121 Å². The van der Waals surface area contributed by atoms with Crippen molar-refractivity contribution in [3.8, 4) is 0 Å². The van der Waals surface area contributed by atoms with Crippen LogP contribution in [0.4, 0.5) is 5.69 Å². The average molecular weight is 496 g/mol. The van der Waals surface area contributed by atoms with Crippen molar-refractivity contribution in [2.75, 3.05) is 17.7 Å². The molecule has 0 aliphatic carbocycles. The number of benzene rings is 1. The first-order chi connectivity index (χ1) is 16.9. The molecule has 0 radical (unpaired) electrons. The number of nitrogens with one attached hydrogen (secondary N) is 1. The number of esters is 1. The largest absolute Gasteiger partial charge is 0.467 e. The Balaban J connectivity index is 1.55. The number of fused-ring (bicyclic) bond motifs is 1. The number of thioether (sulfide) groups is 1. The molecule has 4 rings (SSSR count). The first kappa shape index (κ1) is 24.3.